The molecule has 3 atom stereocenters. The molecule has 6 rings (SSSR count). The minimum absolute atomic E-state index is 0.307. The molecule has 0 amide bonds. The summed E-state index contributed by atoms with van der Waals surface area (Å²) in [5.41, 5.74) is 4.19. The van der Waals surface area contributed by atoms with E-state index < -0.39 is 13.0 Å². The summed E-state index contributed by atoms with van der Waals surface area (Å²) in [6, 6.07) is 12.5. The van der Waals surface area contributed by atoms with Gasteiger partial charge in [0.1, 0.15) is 18.0 Å². The Labute approximate surface area is 227 Å². The van der Waals surface area contributed by atoms with E-state index in [0.29, 0.717) is 45.9 Å². The zero-order valence-electron chi connectivity index (χ0n) is 21.6. The molecule has 2 fully saturated rings. The Morgan fingerprint density at radius 2 is 1.79 bits per heavy atom. The van der Waals surface area contributed by atoms with Crippen molar-refractivity contribution in [2.75, 3.05) is 37.2 Å². The molecule has 3 aliphatic rings. The third kappa shape index (κ3) is 5.20. The maximum atomic E-state index is 13.9. The standard InChI is InChI=1S/C28H32ClFN5O2P/c1-38(2,36)26-12-19(30)6-10-25(26)33-27-24(29)14-31-28(34-27)32-20-7-3-17-4-8-21(9-5-18(17)11-20)35-22-13-23(35)16-37-15-22/h3,6-7,10-12,14,21-23H,4-5,8-9,13,15-16H2,1-2H3,(H2,31,32,33,34)/t21-,22?,23?/m0/s1. The van der Waals surface area contributed by atoms with E-state index in [-0.39, 0.29) is 0 Å². The van der Waals surface area contributed by atoms with Gasteiger partial charge >= 0.3 is 0 Å². The molecule has 200 valence electrons. The first-order chi connectivity index (χ1) is 18.2. The molecule has 2 aliphatic heterocycles. The zero-order valence-corrected chi connectivity index (χ0v) is 23.2. The second kappa shape index (κ2) is 10.2. The number of halogens is 2. The number of rotatable bonds is 6. The summed E-state index contributed by atoms with van der Waals surface area (Å²) in [6.45, 7) is 4.96. The van der Waals surface area contributed by atoms with Crippen LogP contribution in [0.3, 0.4) is 0 Å². The largest absolute Gasteiger partial charge is 0.378 e. The van der Waals surface area contributed by atoms with Crippen LogP contribution in [0.25, 0.3) is 0 Å². The molecule has 10 heteroatoms. The highest BCUT2D eigenvalue weighted by Gasteiger charge is 2.45. The van der Waals surface area contributed by atoms with Gasteiger partial charge in [0.15, 0.2) is 5.82 Å². The molecule has 2 unspecified atom stereocenters. The summed E-state index contributed by atoms with van der Waals surface area (Å²) < 4.78 is 32.3. The second-order valence-corrected chi connectivity index (χ2v) is 14.5. The quantitative estimate of drug-likeness (QED) is 0.297. The lowest BCUT2D eigenvalue weighted by molar-refractivity contribution is -0.148. The topological polar surface area (TPSA) is 79.4 Å². The van der Waals surface area contributed by atoms with Crippen molar-refractivity contribution in [3.05, 3.63) is 64.6 Å². The van der Waals surface area contributed by atoms with Crippen LogP contribution in [0.15, 0.2) is 42.6 Å². The summed E-state index contributed by atoms with van der Waals surface area (Å²) in [5, 5.41) is 7.14. The van der Waals surface area contributed by atoms with Gasteiger partial charge in [0, 0.05) is 29.1 Å². The molecule has 38 heavy (non-hydrogen) atoms. The number of ether oxygens (including phenoxy) is 1. The van der Waals surface area contributed by atoms with Crippen LogP contribution in [0, 0.1) is 5.82 Å². The fourth-order valence-corrected chi connectivity index (χ4v) is 7.34. The highest BCUT2D eigenvalue weighted by molar-refractivity contribution is 7.70. The van der Waals surface area contributed by atoms with Crippen molar-refractivity contribution < 1.29 is 13.7 Å². The predicted octanol–water partition coefficient (Wildman–Crippen LogP) is 5.72. The number of aryl methyl sites for hydroxylation is 2. The normalized spacial score (nSPS) is 23.2. The first kappa shape index (κ1) is 25.8. The fraction of sp³-hybridized carbons (Fsp3) is 0.429. The van der Waals surface area contributed by atoms with Gasteiger partial charge in [0.2, 0.25) is 5.95 Å². The predicted molar refractivity (Wildman–Crippen MR) is 151 cm³/mol. The molecule has 2 N–H and O–H groups in total. The number of nitrogens with one attached hydrogen (secondary N) is 2. The molecule has 2 saturated heterocycles. The molecule has 1 aliphatic carbocycles. The Morgan fingerprint density at radius 1 is 1.03 bits per heavy atom. The molecule has 0 radical (unpaired) electrons. The average molecular weight is 556 g/mol. The number of hydrogen-bond donors (Lipinski definition) is 2. The number of fused-ring (bicyclic) bond motifs is 3. The maximum absolute atomic E-state index is 13.9. The summed E-state index contributed by atoms with van der Waals surface area (Å²) in [7, 11) is -2.75. The summed E-state index contributed by atoms with van der Waals surface area (Å²) >= 11 is 6.38. The molecule has 2 aromatic carbocycles. The van der Waals surface area contributed by atoms with Gasteiger partial charge in [-0.2, -0.15) is 4.98 Å². The first-order valence-corrected chi connectivity index (χ1v) is 16.1. The average Bonchev–Trinajstić information content (AvgIpc) is 3.09. The van der Waals surface area contributed by atoms with Gasteiger partial charge in [-0.05, 0) is 86.9 Å². The third-order valence-electron chi connectivity index (χ3n) is 7.92. The lowest BCUT2D eigenvalue weighted by atomic mass is 9.87. The van der Waals surface area contributed by atoms with Crippen LogP contribution in [-0.4, -0.2) is 59.5 Å². The fourth-order valence-electron chi connectivity index (χ4n) is 6.06. The summed E-state index contributed by atoms with van der Waals surface area (Å²) in [5.74, 6) is 0.297. The Kier molecular flexibility index (Phi) is 6.93. The van der Waals surface area contributed by atoms with Gasteiger partial charge in [-0.1, -0.05) is 17.7 Å². The van der Waals surface area contributed by atoms with E-state index in [1.807, 2.05) is 0 Å². The molecule has 3 aromatic rings. The van der Waals surface area contributed by atoms with E-state index in [1.54, 1.807) is 19.4 Å². The smallest absolute Gasteiger partial charge is 0.229 e. The number of benzene rings is 2. The van der Waals surface area contributed by atoms with Crippen molar-refractivity contribution in [1.29, 1.82) is 0 Å². The minimum Gasteiger partial charge on any atom is -0.378 e. The van der Waals surface area contributed by atoms with Crippen molar-refractivity contribution >= 4 is 47.2 Å². The van der Waals surface area contributed by atoms with Crippen molar-refractivity contribution in [2.45, 2.75) is 50.2 Å². The SMILES string of the molecule is CP(C)(=O)c1cc(F)ccc1Nc1nc(Nc2ccc3c(c2)CC[C@@H](N2C4COCC2C4)CC3)ncc1Cl. The van der Waals surface area contributed by atoms with Crippen LogP contribution >= 0.6 is 18.7 Å². The van der Waals surface area contributed by atoms with E-state index in [0.717, 1.165) is 38.2 Å². The molecule has 0 saturated carbocycles. The highest BCUT2D eigenvalue weighted by atomic mass is 35.5. The summed E-state index contributed by atoms with van der Waals surface area (Å²) in [6.07, 6.45) is 7.28. The molecule has 1 aromatic heterocycles. The van der Waals surface area contributed by atoms with Crippen molar-refractivity contribution in [2.24, 2.45) is 0 Å². The Bertz CT molecular complexity index is 1400. The lowest BCUT2D eigenvalue weighted by Crippen LogP contribution is -2.66. The molecule has 3 heterocycles. The minimum atomic E-state index is -2.75. The van der Waals surface area contributed by atoms with Crippen molar-refractivity contribution in [3.63, 3.8) is 0 Å². The molecule has 7 nitrogen and oxygen atoms in total. The molecule has 2 bridgehead atoms. The van der Waals surface area contributed by atoms with E-state index in [1.165, 1.54) is 42.3 Å². The highest BCUT2D eigenvalue weighted by Crippen LogP contribution is 2.40. The monoisotopic (exact) mass is 555 g/mol. The Hall–Kier alpha value is -2.51. The van der Waals surface area contributed by atoms with Crippen LogP contribution in [0.2, 0.25) is 5.02 Å². The molecular formula is C28H32ClFN5O2P. The maximum Gasteiger partial charge on any atom is 0.229 e. The summed E-state index contributed by atoms with van der Waals surface area (Å²) in [4.78, 5) is 11.6. The van der Waals surface area contributed by atoms with E-state index in [2.05, 4.69) is 43.7 Å². The first-order valence-electron chi connectivity index (χ1n) is 13.1. The zero-order chi connectivity index (χ0) is 26.4. The van der Waals surface area contributed by atoms with E-state index in [9.17, 15) is 8.96 Å². The van der Waals surface area contributed by atoms with Crippen molar-refractivity contribution in [1.82, 2.24) is 14.9 Å². The number of hydrogen-bond acceptors (Lipinski definition) is 7. The van der Waals surface area contributed by atoms with Crippen LogP contribution < -0.4 is 15.9 Å². The third-order valence-corrected chi connectivity index (χ3v) is 9.73. The van der Waals surface area contributed by atoms with Crippen LogP contribution in [0.1, 0.15) is 30.4 Å². The lowest BCUT2D eigenvalue weighted by Gasteiger charge is -2.56. The number of aromatic nitrogens is 2. The van der Waals surface area contributed by atoms with Gasteiger partial charge in [-0.3, -0.25) is 4.90 Å². The van der Waals surface area contributed by atoms with Gasteiger partial charge in [0.25, 0.3) is 0 Å². The number of morpholine rings is 1. The number of anilines is 4. The van der Waals surface area contributed by atoms with E-state index >= 15 is 0 Å². The van der Waals surface area contributed by atoms with E-state index in [4.69, 9.17) is 16.3 Å². The van der Waals surface area contributed by atoms with Crippen molar-refractivity contribution in [3.8, 4) is 0 Å². The second-order valence-electron chi connectivity index (χ2n) is 10.9. The van der Waals surface area contributed by atoms with Gasteiger partial charge in [0.05, 0.1) is 25.1 Å². The Balaban J connectivity index is 1.18. The van der Waals surface area contributed by atoms with Crippen LogP contribution in [0.4, 0.5) is 27.5 Å². The van der Waals surface area contributed by atoms with Gasteiger partial charge in [-0.15, -0.1) is 0 Å². The molecule has 0 spiro atoms. The van der Waals surface area contributed by atoms with Crippen LogP contribution in [0.5, 0.6) is 0 Å². The Morgan fingerprint density at radius 3 is 2.53 bits per heavy atom. The van der Waals surface area contributed by atoms with Crippen LogP contribution in [-0.2, 0) is 22.1 Å². The van der Waals surface area contributed by atoms with Gasteiger partial charge < -0.3 is 19.9 Å². The van der Waals surface area contributed by atoms with Gasteiger partial charge in [-0.25, -0.2) is 9.37 Å². The number of nitrogens with zero attached hydrogens (tertiary/aromatic N) is 3. The molecular weight excluding hydrogens is 524 g/mol.